The minimum absolute atomic E-state index is 0.187. The zero-order valence-electron chi connectivity index (χ0n) is 12.2. The van der Waals surface area contributed by atoms with Crippen LogP contribution >= 0.6 is 11.3 Å². The maximum Gasteiger partial charge on any atom is 0.219 e. The number of nitrogens with zero attached hydrogens (tertiary/aromatic N) is 1. The molecule has 0 saturated carbocycles. The molecule has 1 amide bonds. The Balaban J connectivity index is 1.70. The molecule has 4 heteroatoms. The van der Waals surface area contributed by atoms with Gasteiger partial charge < -0.3 is 10.2 Å². The molecule has 3 rings (SSSR count). The molecule has 110 valence electrons. The number of hydrogen-bond donors (Lipinski definition) is 1. The van der Waals surface area contributed by atoms with E-state index in [1.165, 1.54) is 16.1 Å². The number of benzene rings is 1. The second kappa shape index (κ2) is 6.31. The fourth-order valence-electron chi connectivity index (χ4n) is 2.81. The van der Waals surface area contributed by atoms with Crippen LogP contribution in [0.5, 0.6) is 0 Å². The van der Waals surface area contributed by atoms with Crippen LogP contribution < -0.4 is 5.32 Å². The molecule has 1 aromatic heterocycles. The Morgan fingerprint density at radius 2 is 1.95 bits per heavy atom. The SMILES string of the molecule is CC(=O)N1CCC(Nc2ccccc2-c2cccs2)CC1. The number of anilines is 1. The summed E-state index contributed by atoms with van der Waals surface area (Å²) in [4.78, 5) is 14.6. The van der Waals surface area contributed by atoms with Crippen molar-refractivity contribution in [2.24, 2.45) is 0 Å². The van der Waals surface area contributed by atoms with Gasteiger partial charge in [0.05, 0.1) is 0 Å². The monoisotopic (exact) mass is 300 g/mol. The van der Waals surface area contributed by atoms with Crippen molar-refractivity contribution >= 4 is 22.9 Å². The lowest BCUT2D eigenvalue weighted by Gasteiger charge is -2.32. The first-order valence-electron chi connectivity index (χ1n) is 7.39. The van der Waals surface area contributed by atoms with Gasteiger partial charge in [-0.3, -0.25) is 4.79 Å². The summed E-state index contributed by atoms with van der Waals surface area (Å²) in [6.45, 7) is 3.36. The zero-order chi connectivity index (χ0) is 14.7. The lowest BCUT2D eigenvalue weighted by Crippen LogP contribution is -2.41. The highest BCUT2D eigenvalue weighted by Gasteiger charge is 2.21. The molecule has 0 unspecified atom stereocenters. The van der Waals surface area contributed by atoms with Crippen LogP contribution in [0.15, 0.2) is 41.8 Å². The first kappa shape index (κ1) is 14.1. The fourth-order valence-corrected chi connectivity index (χ4v) is 3.58. The first-order chi connectivity index (χ1) is 10.2. The minimum atomic E-state index is 0.187. The molecule has 2 aromatic rings. The van der Waals surface area contributed by atoms with Crippen molar-refractivity contribution in [2.75, 3.05) is 18.4 Å². The number of para-hydroxylation sites is 1. The zero-order valence-corrected chi connectivity index (χ0v) is 13.0. The summed E-state index contributed by atoms with van der Waals surface area (Å²) in [5.41, 5.74) is 2.46. The Kier molecular flexibility index (Phi) is 4.25. The van der Waals surface area contributed by atoms with E-state index >= 15 is 0 Å². The van der Waals surface area contributed by atoms with Crippen molar-refractivity contribution in [1.29, 1.82) is 0 Å². The van der Waals surface area contributed by atoms with Gasteiger partial charge in [-0.25, -0.2) is 0 Å². The van der Waals surface area contributed by atoms with E-state index in [-0.39, 0.29) is 5.91 Å². The summed E-state index contributed by atoms with van der Waals surface area (Å²) in [5.74, 6) is 0.187. The largest absolute Gasteiger partial charge is 0.382 e. The Labute approximate surface area is 129 Å². The third-order valence-electron chi connectivity index (χ3n) is 4.01. The number of likely N-dealkylation sites (tertiary alicyclic amines) is 1. The molecular formula is C17H20N2OS. The maximum atomic E-state index is 11.4. The van der Waals surface area contributed by atoms with Gasteiger partial charge in [0, 0.05) is 42.2 Å². The quantitative estimate of drug-likeness (QED) is 0.934. The van der Waals surface area contributed by atoms with E-state index in [4.69, 9.17) is 0 Å². The van der Waals surface area contributed by atoms with Crippen molar-refractivity contribution in [3.63, 3.8) is 0 Å². The van der Waals surface area contributed by atoms with Crippen LogP contribution in [0.4, 0.5) is 5.69 Å². The highest BCUT2D eigenvalue weighted by atomic mass is 32.1. The van der Waals surface area contributed by atoms with Gasteiger partial charge >= 0.3 is 0 Å². The van der Waals surface area contributed by atoms with Gasteiger partial charge in [-0.05, 0) is 30.4 Å². The number of hydrogen-bond acceptors (Lipinski definition) is 3. The van der Waals surface area contributed by atoms with Crippen molar-refractivity contribution in [3.8, 4) is 10.4 Å². The van der Waals surface area contributed by atoms with Gasteiger partial charge in [-0.1, -0.05) is 24.3 Å². The van der Waals surface area contributed by atoms with Gasteiger partial charge in [0.1, 0.15) is 0 Å². The molecule has 1 aliphatic rings. The van der Waals surface area contributed by atoms with Crippen LogP contribution in [-0.2, 0) is 4.79 Å². The molecule has 0 aliphatic carbocycles. The van der Waals surface area contributed by atoms with E-state index in [1.54, 1.807) is 18.3 Å². The number of thiophene rings is 1. The topological polar surface area (TPSA) is 32.3 Å². The molecule has 1 saturated heterocycles. The standard InChI is InChI=1S/C17H20N2OS/c1-13(20)19-10-8-14(9-11-19)18-16-6-3-2-5-15(16)17-7-4-12-21-17/h2-7,12,14,18H,8-11H2,1H3. The Hall–Kier alpha value is -1.81. The predicted molar refractivity (Wildman–Crippen MR) is 88.7 cm³/mol. The fraction of sp³-hybridized carbons (Fsp3) is 0.353. The van der Waals surface area contributed by atoms with Crippen molar-refractivity contribution in [2.45, 2.75) is 25.8 Å². The molecule has 1 aliphatic heterocycles. The third-order valence-corrected chi connectivity index (χ3v) is 4.92. The van der Waals surface area contributed by atoms with Crippen LogP contribution in [-0.4, -0.2) is 29.9 Å². The van der Waals surface area contributed by atoms with E-state index in [9.17, 15) is 4.79 Å². The molecule has 0 bridgehead atoms. The molecule has 2 heterocycles. The molecule has 0 radical (unpaired) electrons. The number of rotatable bonds is 3. The molecule has 1 N–H and O–H groups in total. The first-order valence-corrected chi connectivity index (χ1v) is 8.27. The number of amides is 1. The summed E-state index contributed by atoms with van der Waals surface area (Å²) in [6.07, 6.45) is 2.02. The number of piperidine rings is 1. The number of carbonyl (C=O) groups is 1. The van der Waals surface area contributed by atoms with Gasteiger partial charge in [0.15, 0.2) is 0 Å². The van der Waals surface area contributed by atoms with Crippen LogP contribution in [0.3, 0.4) is 0 Å². The molecule has 1 fully saturated rings. The lowest BCUT2D eigenvalue weighted by atomic mass is 10.0. The average Bonchev–Trinajstić information content (AvgIpc) is 3.02. The van der Waals surface area contributed by atoms with Gasteiger partial charge in [0.25, 0.3) is 0 Å². The summed E-state index contributed by atoms with van der Waals surface area (Å²) in [5, 5.41) is 5.77. The molecule has 0 atom stereocenters. The third kappa shape index (κ3) is 3.27. The highest BCUT2D eigenvalue weighted by Crippen LogP contribution is 2.32. The molecular weight excluding hydrogens is 280 g/mol. The smallest absolute Gasteiger partial charge is 0.219 e. The normalized spacial score (nSPS) is 16.0. The van der Waals surface area contributed by atoms with Gasteiger partial charge in [-0.2, -0.15) is 0 Å². The average molecular weight is 300 g/mol. The van der Waals surface area contributed by atoms with Crippen molar-refractivity contribution in [3.05, 3.63) is 41.8 Å². The van der Waals surface area contributed by atoms with E-state index in [0.29, 0.717) is 6.04 Å². The molecule has 3 nitrogen and oxygen atoms in total. The van der Waals surface area contributed by atoms with E-state index in [2.05, 4.69) is 47.1 Å². The summed E-state index contributed by atoms with van der Waals surface area (Å²) in [7, 11) is 0. The van der Waals surface area contributed by atoms with Gasteiger partial charge in [-0.15, -0.1) is 11.3 Å². The number of nitrogens with one attached hydrogen (secondary N) is 1. The van der Waals surface area contributed by atoms with Crippen molar-refractivity contribution in [1.82, 2.24) is 4.90 Å². The molecule has 1 aromatic carbocycles. The molecule has 0 spiro atoms. The second-order valence-corrected chi connectivity index (χ2v) is 6.40. The Morgan fingerprint density at radius 1 is 1.19 bits per heavy atom. The van der Waals surface area contributed by atoms with Crippen LogP contribution in [0.25, 0.3) is 10.4 Å². The minimum Gasteiger partial charge on any atom is -0.382 e. The second-order valence-electron chi connectivity index (χ2n) is 5.45. The van der Waals surface area contributed by atoms with E-state index < -0.39 is 0 Å². The summed E-state index contributed by atoms with van der Waals surface area (Å²) in [6, 6.07) is 13.2. The summed E-state index contributed by atoms with van der Waals surface area (Å²) >= 11 is 1.76. The molecule has 21 heavy (non-hydrogen) atoms. The van der Waals surface area contributed by atoms with E-state index in [0.717, 1.165) is 25.9 Å². The van der Waals surface area contributed by atoms with Crippen LogP contribution in [0.2, 0.25) is 0 Å². The Bertz CT molecular complexity index is 601. The Morgan fingerprint density at radius 3 is 2.62 bits per heavy atom. The van der Waals surface area contributed by atoms with Gasteiger partial charge in [0.2, 0.25) is 5.91 Å². The summed E-state index contributed by atoms with van der Waals surface area (Å²) < 4.78 is 0. The lowest BCUT2D eigenvalue weighted by molar-refractivity contribution is -0.129. The van der Waals surface area contributed by atoms with Crippen LogP contribution in [0, 0.1) is 0 Å². The maximum absolute atomic E-state index is 11.4. The van der Waals surface area contributed by atoms with Crippen molar-refractivity contribution < 1.29 is 4.79 Å². The number of carbonyl (C=O) groups excluding carboxylic acids is 1. The van der Waals surface area contributed by atoms with Crippen LogP contribution in [0.1, 0.15) is 19.8 Å². The highest BCUT2D eigenvalue weighted by molar-refractivity contribution is 7.13. The predicted octanol–water partition coefficient (Wildman–Crippen LogP) is 3.84. The van der Waals surface area contributed by atoms with E-state index in [1.807, 2.05) is 4.90 Å².